The van der Waals surface area contributed by atoms with Crippen LogP contribution in [0.15, 0.2) is 48.5 Å². The standard InChI is InChI=1S/C63H95IN14O20/c64-42-34-41(18-21-49(42)79)36-46(70-55(85)22-20-48(62(96)97)78-32-30-76(38-51(66)81)28-26-75(37-50(65)80)27-29-77(31-33-78)39-52(67)82)57(88)72-47(35-40-12-4-3-5-13-40)58(89)71-43(59(90)91)14-8-10-24-68-53(83)16-6-1-2-7-17-54(84)69-25-11-9-15-44(60(92)93)73-63(98)74-45(61(94)95)19-23-56(86)87/h3-5,12-13,18,21,34,43-48,79H,1-2,6-11,14-17,19-20,22-33,35-39H2,(H2,65,80)(H2,66,81)(H2,67,82)(H,68,83)(H,69,84)(H,70,85)(H,71,89)(H,72,88)(H,86,87)(H,90,91)(H,92,93)(H,94,95)(H,96,97)(H2,73,74,98)/t43?,44?,45?,46-,47?,48?/m1/s1. The number of nitrogens with zero attached hydrogens (tertiary/aromatic N) is 4. The molecule has 34 nitrogen and oxygen atoms in total. The molecule has 0 aromatic heterocycles. The summed E-state index contributed by atoms with van der Waals surface area (Å²) in [6, 6.07) is 3.51. The highest BCUT2D eigenvalue weighted by atomic mass is 127. The molecule has 6 atom stereocenters. The van der Waals surface area contributed by atoms with Crippen molar-refractivity contribution < 1.29 is 97.8 Å². The number of phenols is 1. The second kappa shape index (κ2) is 45.6. The topological polar surface area (TPSA) is 536 Å². The first kappa shape index (κ1) is 83.4. The molecule has 0 radical (unpaired) electrons. The van der Waals surface area contributed by atoms with Crippen molar-refractivity contribution in [1.29, 1.82) is 0 Å². The predicted octanol–water partition coefficient (Wildman–Crippen LogP) is -1.78. The van der Waals surface area contributed by atoms with E-state index in [1.54, 1.807) is 56.0 Å². The maximum atomic E-state index is 14.5. The summed E-state index contributed by atoms with van der Waals surface area (Å²) < 4.78 is 0.420. The fourth-order valence-corrected chi connectivity index (χ4v) is 11.2. The van der Waals surface area contributed by atoms with Crippen LogP contribution < -0.4 is 54.4 Å². The Morgan fingerprint density at radius 2 is 0.857 bits per heavy atom. The second-order valence-corrected chi connectivity index (χ2v) is 25.0. The molecule has 35 heteroatoms. The van der Waals surface area contributed by atoms with Crippen LogP contribution in [-0.2, 0) is 75.2 Å². The second-order valence-electron chi connectivity index (χ2n) is 23.9. The van der Waals surface area contributed by atoms with Crippen molar-refractivity contribution in [3.8, 4) is 5.75 Å². The smallest absolute Gasteiger partial charge is 0.326 e. The highest BCUT2D eigenvalue weighted by Crippen LogP contribution is 2.22. The lowest BCUT2D eigenvalue weighted by atomic mass is 10.0. The van der Waals surface area contributed by atoms with E-state index >= 15 is 0 Å². The number of rotatable bonds is 45. The van der Waals surface area contributed by atoms with Crippen LogP contribution in [0.25, 0.3) is 0 Å². The lowest BCUT2D eigenvalue weighted by molar-refractivity contribution is -0.145. The fraction of sp³-hybridized carbons (Fsp3) is 0.587. The summed E-state index contributed by atoms with van der Waals surface area (Å²) in [5.41, 5.74) is 17.7. The largest absolute Gasteiger partial charge is 0.507 e. The molecule has 2 aromatic rings. The molecule has 1 fully saturated rings. The number of aliphatic carboxylic acids is 5. The third kappa shape index (κ3) is 35.4. The lowest BCUT2D eigenvalue weighted by Gasteiger charge is -2.35. The first-order valence-corrected chi connectivity index (χ1v) is 33.5. The number of primary amides is 3. The van der Waals surface area contributed by atoms with Gasteiger partial charge in [0, 0.05) is 104 Å². The molecular weight excluding hydrogens is 1400 g/mol. The van der Waals surface area contributed by atoms with E-state index in [9.17, 15) is 92.7 Å². The monoisotopic (exact) mass is 1490 g/mol. The number of nitrogens with two attached hydrogens (primary N) is 3. The number of unbranched alkanes of at least 4 members (excludes halogenated alkanes) is 5. The number of aromatic hydroxyl groups is 1. The number of amides is 10. The number of urea groups is 1. The van der Waals surface area contributed by atoms with E-state index in [2.05, 4.69) is 37.2 Å². The molecule has 544 valence electrons. The molecule has 1 aliphatic heterocycles. The first-order chi connectivity index (χ1) is 46.5. The van der Waals surface area contributed by atoms with Gasteiger partial charge in [0.1, 0.15) is 42.0 Å². The molecule has 1 aliphatic rings. The van der Waals surface area contributed by atoms with Gasteiger partial charge >= 0.3 is 35.9 Å². The number of carbonyl (C=O) groups is 14. The minimum absolute atomic E-state index is 0.0279. The molecule has 10 amide bonds. The van der Waals surface area contributed by atoms with Crippen LogP contribution in [-0.4, -0.2) is 255 Å². The molecule has 0 spiro atoms. The van der Waals surface area contributed by atoms with Crippen LogP contribution in [0.1, 0.15) is 114 Å². The normalized spacial score (nSPS) is 15.3. The molecule has 0 aliphatic carbocycles. The molecule has 1 heterocycles. The Morgan fingerprint density at radius 3 is 1.30 bits per heavy atom. The van der Waals surface area contributed by atoms with E-state index < -0.39 is 127 Å². The predicted molar refractivity (Wildman–Crippen MR) is 360 cm³/mol. The lowest BCUT2D eigenvalue weighted by Crippen LogP contribution is -2.57. The Hall–Kier alpha value is -8.81. The average molecular weight is 1500 g/mol. The van der Waals surface area contributed by atoms with E-state index in [0.29, 0.717) is 53.2 Å². The van der Waals surface area contributed by atoms with Gasteiger partial charge in [-0.1, -0.05) is 49.2 Å². The van der Waals surface area contributed by atoms with E-state index in [1.807, 2.05) is 22.6 Å². The average Bonchev–Trinajstić information content (AvgIpc) is 0.864. The highest BCUT2D eigenvalue weighted by Gasteiger charge is 2.33. The Morgan fingerprint density at radius 1 is 0.429 bits per heavy atom. The van der Waals surface area contributed by atoms with Crippen molar-refractivity contribution in [2.75, 3.05) is 85.1 Å². The molecule has 98 heavy (non-hydrogen) atoms. The molecule has 0 saturated carbocycles. The number of phenolic OH excluding ortho intramolecular Hbond substituents is 1. The van der Waals surface area contributed by atoms with Crippen molar-refractivity contribution >= 4 is 106 Å². The maximum absolute atomic E-state index is 14.5. The molecule has 2 aromatic carbocycles. The van der Waals surface area contributed by atoms with E-state index in [-0.39, 0.29) is 160 Å². The minimum Gasteiger partial charge on any atom is -0.507 e. The molecule has 19 N–H and O–H groups in total. The van der Waals surface area contributed by atoms with Gasteiger partial charge in [-0.15, -0.1) is 0 Å². The van der Waals surface area contributed by atoms with Gasteiger partial charge in [-0.3, -0.25) is 67.5 Å². The van der Waals surface area contributed by atoms with Gasteiger partial charge in [-0.05, 0) is 110 Å². The Kier molecular flexibility index (Phi) is 38.9. The van der Waals surface area contributed by atoms with Crippen LogP contribution in [0.3, 0.4) is 0 Å². The Bertz CT molecular complexity index is 2970. The molecule has 3 rings (SSSR count). The number of carboxylic acids is 5. The van der Waals surface area contributed by atoms with Crippen molar-refractivity contribution in [3.63, 3.8) is 0 Å². The number of nitrogens with one attached hydrogen (secondary N) is 7. The van der Waals surface area contributed by atoms with Crippen LogP contribution in [0, 0.1) is 3.57 Å². The van der Waals surface area contributed by atoms with Gasteiger partial charge in [0.05, 0.1) is 23.2 Å². The summed E-state index contributed by atoms with van der Waals surface area (Å²) in [5.74, 6) is -11.7. The van der Waals surface area contributed by atoms with Crippen LogP contribution in [0.4, 0.5) is 4.79 Å². The van der Waals surface area contributed by atoms with Gasteiger partial charge in [0.2, 0.25) is 47.3 Å². The van der Waals surface area contributed by atoms with Crippen LogP contribution >= 0.6 is 22.6 Å². The molecule has 0 bridgehead atoms. The fourth-order valence-electron chi connectivity index (χ4n) is 10.6. The third-order valence-electron chi connectivity index (χ3n) is 15.9. The van der Waals surface area contributed by atoms with Crippen LogP contribution in [0.5, 0.6) is 5.75 Å². The van der Waals surface area contributed by atoms with Crippen LogP contribution in [0.2, 0.25) is 0 Å². The van der Waals surface area contributed by atoms with Crippen molar-refractivity contribution in [2.24, 2.45) is 17.2 Å². The summed E-state index contributed by atoms with van der Waals surface area (Å²) in [4.78, 5) is 182. The number of halogens is 1. The van der Waals surface area contributed by atoms with Crippen molar-refractivity contribution in [2.45, 2.75) is 152 Å². The van der Waals surface area contributed by atoms with E-state index in [0.717, 1.165) is 0 Å². The quantitative estimate of drug-likeness (QED) is 0.0257. The third-order valence-corrected chi connectivity index (χ3v) is 16.8. The maximum Gasteiger partial charge on any atom is 0.326 e. The molecular formula is C63H95IN14O20. The summed E-state index contributed by atoms with van der Waals surface area (Å²) in [6.07, 6.45) is 1.99. The van der Waals surface area contributed by atoms with Crippen molar-refractivity contribution in [1.82, 2.24) is 56.8 Å². The van der Waals surface area contributed by atoms with E-state index in [4.69, 9.17) is 22.3 Å². The zero-order chi connectivity index (χ0) is 72.7. The highest BCUT2D eigenvalue weighted by molar-refractivity contribution is 14.1. The number of carboxylic acid groups (broad SMARTS) is 5. The zero-order valence-electron chi connectivity index (χ0n) is 54.8. The zero-order valence-corrected chi connectivity index (χ0v) is 57.0. The van der Waals surface area contributed by atoms with E-state index in [1.165, 1.54) is 12.1 Å². The first-order valence-electron chi connectivity index (χ1n) is 32.4. The van der Waals surface area contributed by atoms with Gasteiger partial charge < -0.3 is 85.1 Å². The summed E-state index contributed by atoms with van der Waals surface area (Å²) in [7, 11) is 0. The van der Waals surface area contributed by atoms with Gasteiger partial charge in [-0.2, -0.15) is 0 Å². The number of hydrogen-bond donors (Lipinski definition) is 16. The number of carbonyl (C=O) groups excluding carboxylic acids is 9. The van der Waals surface area contributed by atoms with Gasteiger partial charge in [-0.25, -0.2) is 19.2 Å². The van der Waals surface area contributed by atoms with Gasteiger partial charge in [0.15, 0.2) is 0 Å². The Labute approximate surface area is 580 Å². The molecule has 5 unspecified atom stereocenters. The van der Waals surface area contributed by atoms with Crippen molar-refractivity contribution in [3.05, 3.63) is 63.2 Å². The van der Waals surface area contributed by atoms with Gasteiger partial charge in [0.25, 0.3) is 0 Å². The summed E-state index contributed by atoms with van der Waals surface area (Å²) in [6.45, 7) is 1.31. The summed E-state index contributed by atoms with van der Waals surface area (Å²) >= 11 is 1.89. The SMILES string of the molecule is NC(=O)CN1CCN(CC(N)=O)CCN(C(CCC(=O)N[C@H](Cc2ccc(O)c(I)c2)C(=O)NC(Cc2ccccc2)C(=O)NC(CCCCNC(=O)CCCCCCC(=O)NCCCCC(NC(=O)NC(CCC(=O)O)C(=O)O)C(=O)O)C(=O)O)C(=O)O)CCN(CC(N)=O)CC1. The molecule has 1 saturated heterocycles. The number of benzene rings is 2. The number of hydrogen-bond acceptors (Lipinski definition) is 19. The minimum atomic E-state index is -1.54. The summed E-state index contributed by atoms with van der Waals surface area (Å²) in [5, 5.41) is 76.5. The Balaban J connectivity index is 1.58.